The second kappa shape index (κ2) is 7.06. The second-order valence-corrected chi connectivity index (χ2v) is 6.42. The van der Waals surface area contributed by atoms with Gasteiger partial charge < -0.3 is 11.1 Å². The molecule has 0 heterocycles. The van der Waals surface area contributed by atoms with E-state index in [4.69, 9.17) is 5.73 Å². The van der Waals surface area contributed by atoms with E-state index < -0.39 is 0 Å². The largest absolute Gasteiger partial charge is 0.330 e. The van der Waals surface area contributed by atoms with Crippen LogP contribution in [0.3, 0.4) is 0 Å². The lowest BCUT2D eigenvalue weighted by Gasteiger charge is -2.24. The molecule has 0 saturated heterocycles. The van der Waals surface area contributed by atoms with Crippen LogP contribution < -0.4 is 11.1 Å². The van der Waals surface area contributed by atoms with Gasteiger partial charge in [0.05, 0.1) is 0 Å². The SMILES string of the molecule is Cc1ccc(CCNCC(C)(C)CCN)c(C)c1C. The van der Waals surface area contributed by atoms with E-state index in [1.807, 2.05) is 0 Å². The van der Waals surface area contributed by atoms with E-state index in [1.54, 1.807) is 0 Å². The third-order valence-corrected chi connectivity index (χ3v) is 4.17. The van der Waals surface area contributed by atoms with Crippen molar-refractivity contribution >= 4 is 0 Å². The predicted molar refractivity (Wildman–Crippen MR) is 84.7 cm³/mol. The zero-order valence-corrected chi connectivity index (χ0v) is 13.3. The molecule has 0 unspecified atom stereocenters. The highest BCUT2D eigenvalue weighted by Gasteiger charge is 2.15. The molecule has 19 heavy (non-hydrogen) atoms. The molecule has 0 aliphatic carbocycles. The first-order valence-electron chi connectivity index (χ1n) is 7.34. The van der Waals surface area contributed by atoms with Gasteiger partial charge in [-0.2, -0.15) is 0 Å². The van der Waals surface area contributed by atoms with Crippen LogP contribution in [0, 0.1) is 26.2 Å². The predicted octanol–water partition coefficient (Wildman–Crippen LogP) is 3.12. The zero-order chi connectivity index (χ0) is 14.5. The van der Waals surface area contributed by atoms with E-state index in [-0.39, 0.29) is 0 Å². The molecule has 1 aromatic rings. The summed E-state index contributed by atoms with van der Waals surface area (Å²) < 4.78 is 0. The van der Waals surface area contributed by atoms with E-state index in [9.17, 15) is 0 Å². The molecule has 0 aliphatic heterocycles. The number of hydrogen-bond donors (Lipinski definition) is 2. The van der Waals surface area contributed by atoms with Gasteiger partial charge in [-0.15, -0.1) is 0 Å². The van der Waals surface area contributed by atoms with Crippen LogP contribution in [-0.4, -0.2) is 19.6 Å². The normalized spacial score (nSPS) is 11.9. The van der Waals surface area contributed by atoms with Gasteiger partial charge in [0, 0.05) is 6.54 Å². The molecule has 0 aromatic heterocycles. The molecule has 0 atom stereocenters. The second-order valence-electron chi connectivity index (χ2n) is 6.42. The Morgan fingerprint density at radius 3 is 2.42 bits per heavy atom. The minimum Gasteiger partial charge on any atom is -0.330 e. The average Bonchev–Trinajstić information content (AvgIpc) is 2.34. The molecule has 0 bridgehead atoms. The summed E-state index contributed by atoms with van der Waals surface area (Å²) >= 11 is 0. The Bertz CT molecular complexity index is 408. The van der Waals surface area contributed by atoms with E-state index in [2.05, 4.69) is 52.1 Å². The van der Waals surface area contributed by atoms with Crippen molar-refractivity contribution in [2.75, 3.05) is 19.6 Å². The third kappa shape index (κ3) is 4.96. The maximum Gasteiger partial charge on any atom is 0.000312 e. The van der Waals surface area contributed by atoms with Gasteiger partial charge in [0.15, 0.2) is 0 Å². The fraction of sp³-hybridized carbons (Fsp3) is 0.647. The monoisotopic (exact) mass is 262 g/mol. The van der Waals surface area contributed by atoms with Crippen molar-refractivity contribution in [1.82, 2.24) is 5.32 Å². The molecule has 2 nitrogen and oxygen atoms in total. The quantitative estimate of drug-likeness (QED) is 0.741. The van der Waals surface area contributed by atoms with E-state index in [0.717, 1.165) is 32.5 Å². The molecule has 2 heteroatoms. The standard InChI is InChI=1S/C17H30N2/c1-13-6-7-16(15(3)14(13)2)8-11-19-12-17(4,5)9-10-18/h6-7,19H,8-12,18H2,1-5H3. The average molecular weight is 262 g/mol. The van der Waals surface area contributed by atoms with Crippen LogP contribution in [0.1, 0.15) is 42.5 Å². The highest BCUT2D eigenvalue weighted by atomic mass is 14.9. The summed E-state index contributed by atoms with van der Waals surface area (Å²) in [5.74, 6) is 0. The number of aryl methyl sites for hydroxylation is 1. The minimum atomic E-state index is 0.299. The van der Waals surface area contributed by atoms with Crippen molar-refractivity contribution < 1.29 is 0 Å². The Balaban J connectivity index is 2.44. The van der Waals surface area contributed by atoms with Crippen molar-refractivity contribution in [3.8, 4) is 0 Å². The molecule has 0 amide bonds. The Kier molecular flexibility index (Phi) is 6.02. The van der Waals surface area contributed by atoms with Gasteiger partial charge in [0.2, 0.25) is 0 Å². The van der Waals surface area contributed by atoms with Crippen LogP contribution in [0.25, 0.3) is 0 Å². The number of nitrogens with one attached hydrogen (secondary N) is 1. The molecule has 0 radical (unpaired) electrons. The molecule has 0 spiro atoms. The van der Waals surface area contributed by atoms with Gasteiger partial charge in [-0.25, -0.2) is 0 Å². The van der Waals surface area contributed by atoms with Crippen LogP contribution in [0.2, 0.25) is 0 Å². The molecule has 1 rings (SSSR count). The maximum absolute atomic E-state index is 5.63. The van der Waals surface area contributed by atoms with Crippen molar-refractivity contribution in [1.29, 1.82) is 0 Å². The van der Waals surface area contributed by atoms with Gasteiger partial charge in [0.1, 0.15) is 0 Å². The molecule has 1 aromatic carbocycles. The Hall–Kier alpha value is -0.860. The zero-order valence-electron chi connectivity index (χ0n) is 13.3. The summed E-state index contributed by atoms with van der Waals surface area (Å²) in [6.07, 6.45) is 2.17. The number of benzene rings is 1. The van der Waals surface area contributed by atoms with Gasteiger partial charge in [-0.3, -0.25) is 0 Å². The van der Waals surface area contributed by atoms with Crippen molar-refractivity contribution in [3.63, 3.8) is 0 Å². The van der Waals surface area contributed by atoms with Crippen LogP contribution in [0.4, 0.5) is 0 Å². The Labute approximate surface area is 118 Å². The van der Waals surface area contributed by atoms with Crippen LogP contribution in [0.5, 0.6) is 0 Å². The van der Waals surface area contributed by atoms with Crippen molar-refractivity contribution in [2.24, 2.45) is 11.1 Å². The summed E-state index contributed by atoms with van der Waals surface area (Å²) in [4.78, 5) is 0. The lowest BCUT2D eigenvalue weighted by Crippen LogP contribution is -2.32. The summed E-state index contributed by atoms with van der Waals surface area (Å²) in [5, 5.41) is 3.56. The summed E-state index contributed by atoms with van der Waals surface area (Å²) in [6, 6.07) is 4.50. The first-order valence-corrected chi connectivity index (χ1v) is 7.34. The van der Waals surface area contributed by atoms with E-state index in [0.29, 0.717) is 5.41 Å². The fourth-order valence-electron chi connectivity index (χ4n) is 2.41. The van der Waals surface area contributed by atoms with Crippen LogP contribution >= 0.6 is 0 Å². The van der Waals surface area contributed by atoms with Gasteiger partial charge in [0.25, 0.3) is 0 Å². The lowest BCUT2D eigenvalue weighted by molar-refractivity contribution is 0.321. The molecule has 0 saturated carbocycles. The van der Waals surface area contributed by atoms with Crippen LogP contribution in [0.15, 0.2) is 12.1 Å². The third-order valence-electron chi connectivity index (χ3n) is 4.17. The molecule has 0 fully saturated rings. The van der Waals surface area contributed by atoms with Gasteiger partial charge in [-0.1, -0.05) is 26.0 Å². The first-order chi connectivity index (χ1) is 8.87. The number of rotatable bonds is 7. The summed E-state index contributed by atoms with van der Waals surface area (Å²) in [6.45, 7) is 14.0. The van der Waals surface area contributed by atoms with E-state index >= 15 is 0 Å². The highest BCUT2D eigenvalue weighted by molar-refractivity contribution is 5.38. The number of nitrogens with two attached hydrogens (primary N) is 1. The smallest absolute Gasteiger partial charge is 0.000312 e. The van der Waals surface area contributed by atoms with Crippen molar-refractivity contribution in [2.45, 2.75) is 47.5 Å². The van der Waals surface area contributed by atoms with Crippen LogP contribution in [-0.2, 0) is 6.42 Å². The Morgan fingerprint density at radius 2 is 1.79 bits per heavy atom. The fourth-order valence-corrected chi connectivity index (χ4v) is 2.41. The molecular weight excluding hydrogens is 232 g/mol. The highest BCUT2D eigenvalue weighted by Crippen LogP contribution is 2.19. The molecule has 108 valence electrons. The summed E-state index contributed by atoms with van der Waals surface area (Å²) in [7, 11) is 0. The first kappa shape index (κ1) is 16.2. The molecular formula is C17H30N2. The maximum atomic E-state index is 5.63. The lowest BCUT2D eigenvalue weighted by atomic mass is 9.89. The topological polar surface area (TPSA) is 38.0 Å². The number of hydrogen-bond acceptors (Lipinski definition) is 2. The van der Waals surface area contributed by atoms with Gasteiger partial charge in [-0.05, 0) is 74.4 Å². The molecule has 0 aliphatic rings. The Morgan fingerprint density at radius 1 is 1.11 bits per heavy atom. The summed E-state index contributed by atoms with van der Waals surface area (Å²) in [5.41, 5.74) is 11.7. The minimum absolute atomic E-state index is 0.299. The van der Waals surface area contributed by atoms with E-state index in [1.165, 1.54) is 22.3 Å². The van der Waals surface area contributed by atoms with Gasteiger partial charge >= 0.3 is 0 Å². The molecule has 3 N–H and O–H groups in total. The van der Waals surface area contributed by atoms with Crippen molar-refractivity contribution in [3.05, 3.63) is 34.4 Å².